The van der Waals surface area contributed by atoms with E-state index >= 15 is 0 Å². The number of furan rings is 1. The summed E-state index contributed by atoms with van der Waals surface area (Å²) < 4.78 is 5.15. The number of nitrogens with zero attached hydrogens (tertiary/aromatic N) is 2. The van der Waals surface area contributed by atoms with Crippen LogP contribution in [0.3, 0.4) is 0 Å². The monoisotopic (exact) mass is 343 g/mol. The van der Waals surface area contributed by atoms with Crippen LogP contribution in [0.25, 0.3) is 0 Å². The molecule has 1 N–H and O–H groups in total. The van der Waals surface area contributed by atoms with Crippen molar-refractivity contribution >= 4 is 23.2 Å². The normalized spacial score (nSPS) is 16.9. The molecule has 1 aliphatic heterocycles. The Bertz CT molecular complexity index is 816. The fourth-order valence-electron chi connectivity index (χ4n) is 2.83. The number of nitro benzene ring substituents is 1. The van der Waals surface area contributed by atoms with Gasteiger partial charge in [-0.25, -0.2) is 0 Å². The molecule has 3 rings (SSSR count). The van der Waals surface area contributed by atoms with Crippen LogP contribution >= 0.6 is 0 Å². The molecular formula is C17H17N3O5. The molecule has 8 nitrogen and oxygen atoms in total. The van der Waals surface area contributed by atoms with E-state index in [1.807, 2.05) is 0 Å². The number of amides is 2. The van der Waals surface area contributed by atoms with E-state index in [0.29, 0.717) is 17.0 Å². The summed E-state index contributed by atoms with van der Waals surface area (Å²) in [6, 6.07) is 8.11. The smallest absolute Gasteiger partial charge is 0.274 e. The maximum Gasteiger partial charge on any atom is 0.274 e. The summed E-state index contributed by atoms with van der Waals surface area (Å²) >= 11 is 0. The van der Waals surface area contributed by atoms with Crippen LogP contribution in [0.2, 0.25) is 0 Å². The molecule has 130 valence electrons. The van der Waals surface area contributed by atoms with E-state index in [9.17, 15) is 19.7 Å². The predicted octanol–water partition coefficient (Wildman–Crippen LogP) is 2.17. The lowest BCUT2D eigenvalue weighted by Crippen LogP contribution is -2.32. The Balaban J connectivity index is 1.69. The Morgan fingerprint density at radius 1 is 1.44 bits per heavy atom. The molecule has 0 radical (unpaired) electrons. The number of benzene rings is 1. The van der Waals surface area contributed by atoms with Crippen LogP contribution in [0.4, 0.5) is 11.4 Å². The molecule has 1 fully saturated rings. The second-order valence-corrected chi connectivity index (χ2v) is 5.93. The summed E-state index contributed by atoms with van der Waals surface area (Å²) in [7, 11) is 0. The predicted molar refractivity (Wildman–Crippen MR) is 88.8 cm³/mol. The largest absolute Gasteiger partial charge is 0.467 e. The van der Waals surface area contributed by atoms with Crippen LogP contribution in [0.5, 0.6) is 0 Å². The van der Waals surface area contributed by atoms with Crippen molar-refractivity contribution in [2.45, 2.75) is 19.9 Å². The van der Waals surface area contributed by atoms with Gasteiger partial charge in [-0.3, -0.25) is 19.7 Å². The first-order valence-electron chi connectivity index (χ1n) is 7.81. The zero-order chi connectivity index (χ0) is 18.0. The lowest BCUT2D eigenvalue weighted by molar-refractivity contribution is -0.385. The zero-order valence-electron chi connectivity index (χ0n) is 13.6. The van der Waals surface area contributed by atoms with Gasteiger partial charge in [0.15, 0.2) is 0 Å². The van der Waals surface area contributed by atoms with Crippen molar-refractivity contribution in [1.82, 2.24) is 5.32 Å². The van der Waals surface area contributed by atoms with Crippen LogP contribution < -0.4 is 10.2 Å². The van der Waals surface area contributed by atoms with Crippen LogP contribution in [-0.2, 0) is 16.1 Å². The van der Waals surface area contributed by atoms with Crippen molar-refractivity contribution in [1.29, 1.82) is 0 Å². The summed E-state index contributed by atoms with van der Waals surface area (Å²) in [5.74, 6) is -0.336. The Morgan fingerprint density at radius 2 is 2.24 bits per heavy atom. The Labute approximate surface area is 143 Å². The van der Waals surface area contributed by atoms with Crippen molar-refractivity contribution in [3.63, 3.8) is 0 Å². The topological polar surface area (TPSA) is 106 Å². The molecule has 8 heteroatoms. The quantitative estimate of drug-likeness (QED) is 0.661. The molecule has 2 amide bonds. The Morgan fingerprint density at radius 3 is 2.92 bits per heavy atom. The zero-order valence-corrected chi connectivity index (χ0v) is 13.6. The third-order valence-electron chi connectivity index (χ3n) is 4.21. The number of hydrogen-bond acceptors (Lipinski definition) is 5. The molecule has 2 heterocycles. The summed E-state index contributed by atoms with van der Waals surface area (Å²) in [5, 5.41) is 13.8. The number of aryl methyl sites for hydroxylation is 1. The summed E-state index contributed by atoms with van der Waals surface area (Å²) in [6.07, 6.45) is 1.60. The van der Waals surface area contributed by atoms with E-state index in [1.165, 1.54) is 17.2 Å². The highest BCUT2D eigenvalue weighted by molar-refractivity contribution is 6.00. The van der Waals surface area contributed by atoms with E-state index in [2.05, 4.69) is 5.32 Å². The van der Waals surface area contributed by atoms with Gasteiger partial charge in [-0.1, -0.05) is 6.07 Å². The highest BCUT2D eigenvalue weighted by atomic mass is 16.6. The van der Waals surface area contributed by atoms with Gasteiger partial charge in [0, 0.05) is 24.6 Å². The van der Waals surface area contributed by atoms with Crippen molar-refractivity contribution in [2.24, 2.45) is 5.92 Å². The minimum absolute atomic E-state index is 0.0454. The Hall–Kier alpha value is -3.16. The number of nitrogens with one attached hydrogen (secondary N) is 1. The van der Waals surface area contributed by atoms with Crippen LogP contribution in [0.15, 0.2) is 41.0 Å². The minimum Gasteiger partial charge on any atom is -0.467 e. The molecule has 1 aromatic carbocycles. The van der Waals surface area contributed by atoms with Crippen molar-refractivity contribution in [3.05, 3.63) is 58.0 Å². The van der Waals surface area contributed by atoms with Gasteiger partial charge in [0.05, 0.1) is 29.3 Å². The molecular weight excluding hydrogens is 326 g/mol. The Kier molecular flexibility index (Phi) is 4.51. The number of anilines is 1. The maximum absolute atomic E-state index is 12.3. The third kappa shape index (κ3) is 3.52. The lowest BCUT2D eigenvalue weighted by Gasteiger charge is -2.17. The number of nitro groups is 1. The van der Waals surface area contributed by atoms with E-state index in [1.54, 1.807) is 31.2 Å². The number of hydrogen-bond donors (Lipinski definition) is 1. The van der Waals surface area contributed by atoms with Gasteiger partial charge < -0.3 is 14.6 Å². The molecule has 2 aromatic rings. The van der Waals surface area contributed by atoms with Crippen LogP contribution in [0.1, 0.15) is 17.7 Å². The molecule has 25 heavy (non-hydrogen) atoms. The lowest BCUT2D eigenvalue weighted by atomic mass is 10.1. The van der Waals surface area contributed by atoms with E-state index < -0.39 is 10.8 Å². The van der Waals surface area contributed by atoms with Crippen molar-refractivity contribution in [3.8, 4) is 0 Å². The standard InChI is InChI=1S/C17H17N3O5/c1-11-4-5-13(8-15(11)20(23)24)19-10-12(7-16(19)21)17(22)18-9-14-3-2-6-25-14/h2-6,8,12H,7,9-10H2,1H3,(H,18,22)/t12-/m0/s1. The van der Waals surface area contributed by atoms with Gasteiger partial charge in [0.1, 0.15) is 5.76 Å². The SMILES string of the molecule is Cc1ccc(N2C[C@@H](C(=O)NCc3ccco3)CC2=O)cc1[N+](=O)[O-]. The second kappa shape index (κ2) is 6.76. The molecule has 0 bridgehead atoms. The first-order valence-corrected chi connectivity index (χ1v) is 7.81. The van der Waals surface area contributed by atoms with Crippen LogP contribution in [0, 0.1) is 23.0 Å². The van der Waals surface area contributed by atoms with E-state index in [-0.39, 0.29) is 37.0 Å². The summed E-state index contributed by atoms with van der Waals surface area (Å²) in [4.78, 5) is 36.5. The molecule has 0 unspecified atom stereocenters. The molecule has 1 aliphatic rings. The van der Waals surface area contributed by atoms with Crippen molar-refractivity contribution < 1.29 is 18.9 Å². The molecule has 0 aliphatic carbocycles. The first kappa shape index (κ1) is 16.7. The van der Waals surface area contributed by atoms with Gasteiger partial charge >= 0.3 is 0 Å². The van der Waals surface area contributed by atoms with E-state index in [0.717, 1.165) is 0 Å². The highest BCUT2D eigenvalue weighted by Gasteiger charge is 2.35. The van der Waals surface area contributed by atoms with E-state index in [4.69, 9.17) is 4.42 Å². The molecule has 0 spiro atoms. The summed E-state index contributed by atoms with van der Waals surface area (Å²) in [5.41, 5.74) is 0.910. The van der Waals surface area contributed by atoms with Gasteiger partial charge in [0.2, 0.25) is 11.8 Å². The van der Waals surface area contributed by atoms with Gasteiger partial charge in [-0.2, -0.15) is 0 Å². The summed E-state index contributed by atoms with van der Waals surface area (Å²) in [6.45, 7) is 2.09. The van der Waals surface area contributed by atoms with Crippen LogP contribution in [-0.4, -0.2) is 23.3 Å². The van der Waals surface area contributed by atoms with Gasteiger partial charge in [0.25, 0.3) is 5.69 Å². The van der Waals surface area contributed by atoms with Crippen molar-refractivity contribution in [2.75, 3.05) is 11.4 Å². The molecule has 0 saturated carbocycles. The number of carbonyl (C=O) groups excluding carboxylic acids is 2. The number of rotatable bonds is 5. The third-order valence-corrected chi connectivity index (χ3v) is 4.21. The highest BCUT2D eigenvalue weighted by Crippen LogP contribution is 2.30. The molecule has 1 atom stereocenters. The first-order chi connectivity index (χ1) is 12.0. The molecule has 1 saturated heterocycles. The fraction of sp³-hybridized carbons (Fsp3) is 0.294. The van der Waals surface area contributed by atoms with Gasteiger partial charge in [-0.15, -0.1) is 0 Å². The minimum atomic E-state index is -0.497. The van der Waals surface area contributed by atoms with Gasteiger partial charge in [-0.05, 0) is 25.1 Å². The average Bonchev–Trinajstić information content (AvgIpc) is 3.22. The second-order valence-electron chi connectivity index (χ2n) is 5.93. The maximum atomic E-state index is 12.3. The average molecular weight is 343 g/mol. The molecule has 1 aromatic heterocycles. The fourth-order valence-corrected chi connectivity index (χ4v) is 2.83. The number of carbonyl (C=O) groups is 2.